The quantitative estimate of drug-likeness (QED) is 0.637. The number of ether oxygens (including phenoxy) is 1. The minimum absolute atomic E-state index is 0.412. The van der Waals surface area contributed by atoms with Gasteiger partial charge in [0.25, 0.3) is 5.91 Å². The second-order valence-corrected chi connectivity index (χ2v) is 4.96. The summed E-state index contributed by atoms with van der Waals surface area (Å²) in [5.41, 5.74) is 5.29. The zero-order valence-corrected chi connectivity index (χ0v) is 12.1. The minimum atomic E-state index is -0.655. The Bertz CT molecular complexity index is 564. The van der Waals surface area contributed by atoms with Crippen molar-refractivity contribution >= 4 is 23.9 Å². The Hall–Kier alpha value is -2.57. The smallest absolute Gasteiger partial charge is 0.331 e. The van der Waals surface area contributed by atoms with Crippen molar-refractivity contribution in [3.63, 3.8) is 0 Å². The predicted octanol–water partition coefficient (Wildman–Crippen LogP) is 0.702. The van der Waals surface area contributed by atoms with Crippen molar-refractivity contribution in [3.05, 3.63) is 30.2 Å². The molecule has 1 fully saturated rings. The van der Waals surface area contributed by atoms with Crippen molar-refractivity contribution < 1.29 is 23.5 Å². The molecule has 1 aromatic heterocycles. The van der Waals surface area contributed by atoms with Gasteiger partial charge in [0.1, 0.15) is 11.8 Å². The Morgan fingerprint density at radius 2 is 2.23 bits per heavy atom. The van der Waals surface area contributed by atoms with Crippen molar-refractivity contribution in [1.29, 1.82) is 0 Å². The zero-order chi connectivity index (χ0) is 15.9. The van der Waals surface area contributed by atoms with E-state index in [4.69, 9.17) is 14.9 Å². The number of hydrogen-bond donors (Lipinski definition) is 1. The number of rotatable bonds is 5. The average molecular weight is 306 g/mol. The Labute approximate surface area is 127 Å². The van der Waals surface area contributed by atoms with Gasteiger partial charge >= 0.3 is 5.97 Å². The summed E-state index contributed by atoms with van der Waals surface area (Å²) < 4.78 is 9.90. The molecule has 1 aliphatic rings. The van der Waals surface area contributed by atoms with Crippen molar-refractivity contribution in [3.8, 4) is 0 Å². The molecule has 1 aromatic rings. The van der Waals surface area contributed by atoms with Gasteiger partial charge in [-0.25, -0.2) is 4.79 Å². The lowest BCUT2D eigenvalue weighted by molar-refractivity contribution is -0.151. The number of amides is 2. The van der Waals surface area contributed by atoms with Crippen LogP contribution in [0.2, 0.25) is 0 Å². The lowest BCUT2D eigenvalue weighted by Gasteiger charge is -2.33. The van der Waals surface area contributed by atoms with E-state index in [9.17, 15) is 14.4 Å². The molecule has 1 atom stereocenters. The Kier molecular flexibility index (Phi) is 5.35. The van der Waals surface area contributed by atoms with Crippen LogP contribution in [0, 0.1) is 0 Å². The molecule has 0 radical (unpaired) electrons. The number of piperidine rings is 1. The van der Waals surface area contributed by atoms with Gasteiger partial charge in [-0.2, -0.15) is 0 Å². The van der Waals surface area contributed by atoms with Crippen LogP contribution in [0.15, 0.2) is 28.9 Å². The topological polar surface area (TPSA) is 103 Å². The first kappa shape index (κ1) is 15.8. The summed E-state index contributed by atoms with van der Waals surface area (Å²) >= 11 is 0. The van der Waals surface area contributed by atoms with Gasteiger partial charge in [0.15, 0.2) is 6.61 Å². The largest absolute Gasteiger partial charge is 0.465 e. The van der Waals surface area contributed by atoms with E-state index in [1.54, 1.807) is 12.1 Å². The van der Waals surface area contributed by atoms with Crippen LogP contribution in [0.4, 0.5) is 0 Å². The van der Waals surface area contributed by atoms with Crippen LogP contribution in [0.3, 0.4) is 0 Å². The molecular formula is C15H18N2O5. The number of nitrogens with zero attached hydrogens (tertiary/aromatic N) is 1. The van der Waals surface area contributed by atoms with Crippen LogP contribution in [-0.4, -0.2) is 41.9 Å². The summed E-state index contributed by atoms with van der Waals surface area (Å²) in [6, 6.07) is 2.76. The first-order valence-corrected chi connectivity index (χ1v) is 7.05. The number of carbonyl (C=O) groups excluding carboxylic acids is 3. The van der Waals surface area contributed by atoms with Crippen LogP contribution in [0.1, 0.15) is 25.0 Å². The Morgan fingerprint density at radius 3 is 2.91 bits per heavy atom. The van der Waals surface area contributed by atoms with Gasteiger partial charge in [0, 0.05) is 12.6 Å². The molecular weight excluding hydrogens is 288 g/mol. The monoisotopic (exact) mass is 306 g/mol. The van der Waals surface area contributed by atoms with E-state index >= 15 is 0 Å². The fourth-order valence-electron chi connectivity index (χ4n) is 2.33. The molecule has 2 heterocycles. The van der Waals surface area contributed by atoms with Gasteiger partial charge in [-0.15, -0.1) is 0 Å². The van der Waals surface area contributed by atoms with Gasteiger partial charge in [-0.3, -0.25) is 9.59 Å². The molecule has 1 aliphatic heterocycles. The summed E-state index contributed by atoms with van der Waals surface area (Å²) in [6.45, 7) is 0.0390. The Morgan fingerprint density at radius 1 is 1.41 bits per heavy atom. The normalized spacial score (nSPS) is 18.4. The van der Waals surface area contributed by atoms with Crippen molar-refractivity contribution in [2.24, 2.45) is 5.73 Å². The number of esters is 1. The first-order valence-electron chi connectivity index (χ1n) is 7.05. The summed E-state index contributed by atoms with van der Waals surface area (Å²) in [6.07, 6.45) is 6.31. The molecule has 1 saturated heterocycles. The van der Waals surface area contributed by atoms with E-state index in [1.807, 2.05) is 0 Å². The number of nitrogens with two attached hydrogens (primary N) is 1. The number of primary amides is 1. The van der Waals surface area contributed by atoms with Gasteiger partial charge in [0.2, 0.25) is 5.91 Å². The predicted molar refractivity (Wildman–Crippen MR) is 77.2 cm³/mol. The van der Waals surface area contributed by atoms with Crippen molar-refractivity contribution in [1.82, 2.24) is 4.90 Å². The molecule has 22 heavy (non-hydrogen) atoms. The highest BCUT2D eigenvalue weighted by molar-refractivity contribution is 5.90. The van der Waals surface area contributed by atoms with Crippen LogP contribution in [0.5, 0.6) is 0 Å². The third-order valence-corrected chi connectivity index (χ3v) is 3.42. The fraction of sp³-hybridized carbons (Fsp3) is 0.400. The van der Waals surface area contributed by atoms with E-state index in [-0.39, 0.29) is 0 Å². The maximum Gasteiger partial charge on any atom is 0.331 e. The van der Waals surface area contributed by atoms with E-state index in [0.29, 0.717) is 18.7 Å². The zero-order valence-electron chi connectivity index (χ0n) is 12.1. The molecule has 0 aromatic carbocycles. The van der Waals surface area contributed by atoms with Gasteiger partial charge in [-0.05, 0) is 37.5 Å². The molecule has 7 heteroatoms. The number of likely N-dealkylation sites (tertiary alicyclic amines) is 1. The van der Waals surface area contributed by atoms with Crippen LogP contribution in [0.25, 0.3) is 6.08 Å². The third-order valence-electron chi connectivity index (χ3n) is 3.42. The maximum atomic E-state index is 12.0. The number of furan rings is 1. The molecule has 7 nitrogen and oxygen atoms in total. The standard InChI is InChI=1S/C15H18N2O5/c16-15(20)12-5-1-2-8-17(12)13(18)10-22-14(19)7-6-11-4-3-9-21-11/h3-4,6-7,9,12H,1-2,5,8,10H2,(H2,16,20)/b7-6+/t12-/m0/s1. The van der Waals surface area contributed by atoms with Gasteiger partial charge < -0.3 is 19.8 Å². The molecule has 2 amide bonds. The Balaban J connectivity index is 1.83. The SMILES string of the molecule is NC(=O)[C@@H]1CCCCN1C(=O)COC(=O)/C=C/c1ccco1. The van der Waals surface area contributed by atoms with Gasteiger partial charge in [-0.1, -0.05) is 0 Å². The molecule has 0 aliphatic carbocycles. The molecule has 0 saturated carbocycles. The lowest BCUT2D eigenvalue weighted by Crippen LogP contribution is -2.51. The average Bonchev–Trinajstić information content (AvgIpc) is 3.04. The first-order chi connectivity index (χ1) is 10.6. The summed E-state index contributed by atoms with van der Waals surface area (Å²) in [5, 5.41) is 0. The summed E-state index contributed by atoms with van der Waals surface area (Å²) in [5.74, 6) is -1.09. The number of hydrogen-bond acceptors (Lipinski definition) is 5. The van der Waals surface area contributed by atoms with E-state index in [1.165, 1.54) is 23.3 Å². The summed E-state index contributed by atoms with van der Waals surface area (Å²) in [4.78, 5) is 36.3. The van der Waals surface area contributed by atoms with E-state index in [0.717, 1.165) is 12.8 Å². The fourth-order valence-corrected chi connectivity index (χ4v) is 2.33. The third kappa shape index (κ3) is 4.21. The number of carbonyl (C=O) groups is 3. The highest BCUT2D eigenvalue weighted by atomic mass is 16.5. The van der Waals surface area contributed by atoms with Crippen LogP contribution < -0.4 is 5.73 Å². The second kappa shape index (κ2) is 7.44. The molecule has 0 spiro atoms. The molecule has 118 valence electrons. The van der Waals surface area contributed by atoms with E-state index in [2.05, 4.69) is 0 Å². The minimum Gasteiger partial charge on any atom is -0.465 e. The van der Waals surface area contributed by atoms with Crippen LogP contribution >= 0.6 is 0 Å². The van der Waals surface area contributed by atoms with E-state index < -0.39 is 30.4 Å². The molecule has 0 bridgehead atoms. The second-order valence-electron chi connectivity index (χ2n) is 4.96. The maximum absolute atomic E-state index is 12.0. The highest BCUT2D eigenvalue weighted by Gasteiger charge is 2.30. The van der Waals surface area contributed by atoms with Crippen LogP contribution in [-0.2, 0) is 19.1 Å². The van der Waals surface area contributed by atoms with Crippen molar-refractivity contribution in [2.75, 3.05) is 13.2 Å². The highest BCUT2D eigenvalue weighted by Crippen LogP contribution is 2.16. The molecule has 2 N–H and O–H groups in total. The molecule has 0 unspecified atom stereocenters. The van der Waals surface area contributed by atoms with Crippen molar-refractivity contribution in [2.45, 2.75) is 25.3 Å². The molecule has 2 rings (SSSR count). The van der Waals surface area contributed by atoms with Gasteiger partial charge in [0.05, 0.1) is 6.26 Å². The summed E-state index contributed by atoms with van der Waals surface area (Å²) in [7, 11) is 0. The lowest BCUT2D eigenvalue weighted by atomic mass is 10.0.